The van der Waals surface area contributed by atoms with Crippen molar-refractivity contribution in [1.82, 2.24) is 14.8 Å². The monoisotopic (exact) mass is 311 g/mol. The summed E-state index contributed by atoms with van der Waals surface area (Å²) >= 11 is 0. The summed E-state index contributed by atoms with van der Waals surface area (Å²) in [4.78, 5) is 20.9. The Hall–Kier alpha value is -1.98. The van der Waals surface area contributed by atoms with Gasteiger partial charge in [0.05, 0.1) is 36.4 Å². The quantitative estimate of drug-likeness (QED) is 0.846. The van der Waals surface area contributed by atoms with Gasteiger partial charge in [0.25, 0.3) is 0 Å². The molecule has 2 fully saturated rings. The summed E-state index contributed by atoms with van der Waals surface area (Å²) in [5, 5.41) is 1.16. The van der Waals surface area contributed by atoms with Crippen molar-refractivity contribution in [3.8, 4) is 0 Å². The van der Waals surface area contributed by atoms with Crippen LogP contribution in [0.2, 0.25) is 0 Å². The molecule has 0 saturated carbocycles. The fraction of sp³-hybridized carbons (Fsp3) is 0.444. The molecule has 2 atom stereocenters. The predicted molar refractivity (Wildman–Crippen MR) is 87.9 cm³/mol. The zero-order valence-electron chi connectivity index (χ0n) is 13.3. The van der Waals surface area contributed by atoms with Crippen LogP contribution in [0.25, 0.3) is 10.9 Å². The van der Waals surface area contributed by atoms with Gasteiger partial charge in [0.15, 0.2) is 0 Å². The number of nitrogens with zero attached hydrogens (tertiary/aromatic N) is 3. The molecule has 0 aliphatic carbocycles. The minimum atomic E-state index is 0.118. The molecule has 0 N–H and O–H groups in total. The smallest absolute Gasteiger partial charge is 0.225 e. The Morgan fingerprint density at radius 3 is 3.00 bits per heavy atom. The lowest BCUT2D eigenvalue weighted by Crippen LogP contribution is -2.42. The first-order valence-electron chi connectivity index (χ1n) is 8.15. The van der Waals surface area contributed by atoms with E-state index in [1.165, 1.54) is 0 Å². The number of hydrogen-bond acceptors (Lipinski definition) is 4. The second kappa shape index (κ2) is 5.91. The van der Waals surface area contributed by atoms with Gasteiger partial charge < -0.3 is 9.64 Å². The average Bonchev–Trinajstić information content (AvgIpc) is 2.91. The number of ether oxygens (including phenoxy) is 1. The molecule has 5 heteroatoms. The lowest BCUT2D eigenvalue weighted by Gasteiger charge is -2.25. The molecule has 4 rings (SSSR count). The van der Waals surface area contributed by atoms with Crippen LogP contribution in [-0.2, 0) is 16.1 Å². The number of benzene rings is 1. The highest BCUT2D eigenvalue weighted by Crippen LogP contribution is 2.23. The molecular weight excluding hydrogens is 290 g/mol. The van der Waals surface area contributed by atoms with Crippen molar-refractivity contribution in [3.05, 3.63) is 42.1 Å². The lowest BCUT2D eigenvalue weighted by atomic mass is 10.2. The average molecular weight is 311 g/mol. The van der Waals surface area contributed by atoms with Crippen LogP contribution in [0.1, 0.15) is 12.1 Å². The molecule has 2 aromatic rings. The lowest BCUT2D eigenvalue weighted by molar-refractivity contribution is -0.131. The van der Waals surface area contributed by atoms with Crippen molar-refractivity contribution in [3.63, 3.8) is 0 Å². The van der Waals surface area contributed by atoms with E-state index in [1.54, 1.807) is 0 Å². The maximum Gasteiger partial charge on any atom is 0.225 e. The molecule has 0 bridgehead atoms. The number of para-hydroxylation sites is 1. The summed E-state index contributed by atoms with van der Waals surface area (Å²) < 4.78 is 5.88. The van der Waals surface area contributed by atoms with Crippen LogP contribution in [0, 0.1) is 0 Å². The van der Waals surface area contributed by atoms with E-state index in [1.807, 2.05) is 30.1 Å². The molecule has 5 nitrogen and oxygen atoms in total. The molecule has 2 aliphatic rings. The Morgan fingerprint density at radius 1 is 1.22 bits per heavy atom. The number of fused-ring (bicyclic) bond motifs is 2. The third kappa shape index (κ3) is 2.82. The van der Waals surface area contributed by atoms with E-state index in [4.69, 9.17) is 9.72 Å². The van der Waals surface area contributed by atoms with Crippen LogP contribution < -0.4 is 0 Å². The second-order valence-electron chi connectivity index (χ2n) is 6.42. The van der Waals surface area contributed by atoms with Crippen LogP contribution in [0.5, 0.6) is 0 Å². The number of carbonyl (C=O) groups excluding carboxylic acids is 1. The van der Waals surface area contributed by atoms with Crippen molar-refractivity contribution in [2.45, 2.75) is 25.1 Å². The van der Waals surface area contributed by atoms with E-state index in [9.17, 15) is 4.79 Å². The van der Waals surface area contributed by atoms with E-state index < -0.39 is 0 Å². The number of amides is 1. The maximum absolute atomic E-state index is 12.0. The molecule has 23 heavy (non-hydrogen) atoms. The van der Waals surface area contributed by atoms with Gasteiger partial charge in [-0.2, -0.15) is 0 Å². The highest BCUT2D eigenvalue weighted by molar-refractivity contribution is 5.78. The topological polar surface area (TPSA) is 45.7 Å². The largest absolute Gasteiger partial charge is 0.374 e. The van der Waals surface area contributed by atoms with Gasteiger partial charge in [0.2, 0.25) is 5.91 Å². The third-order valence-electron chi connectivity index (χ3n) is 4.89. The van der Waals surface area contributed by atoms with Crippen molar-refractivity contribution in [2.24, 2.45) is 0 Å². The SMILES string of the molecule is CN1C(=O)CCO[C@H]2CN(Cc3ccc4ccccc4n3)C[C@@H]21. The molecule has 2 saturated heterocycles. The van der Waals surface area contributed by atoms with E-state index in [-0.39, 0.29) is 18.1 Å². The zero-order chi connectivity index (χ0) is 15.8. The second-order valence-corrected chi connectivity index (χ2v) is 6.42. The number of carbonyl (C=O) groups is 1. The Kier molecular flexibility index (Phi) is 3.75. The van der Waals surface area contributed by atoms with Crippen LogP contribution in [0.3, 0.4) is 0 Å². The molecule has 0 radical (unpaired) electrons. The molecule has 1 aromatic carbocycles. The molecule has 1 amide bonds. The Bertz CT molecular complexity index is 733. The minimum Gasteiger partial charge on any atom is -0.374 e. The highest BCUT2D eigenvalue weighted by Gasteiger charge is 2.39. The fourth-order valence-corrected chi connectivity index (χ4v) is 3.58. The van der Waals surface area contributed by atoms with Gasteiger partial charge in [-0.1, -0.05) is 24.3 Å². The number of likely N-dealkylation sites (tertiary alicyclic amines) is 1. The van der Waals surface area contributed by atoms with Gasteiger partial charge in [0, 0.05) is 32.1 Å². The number of hydrogen-bond donors (Lipinski definition) is 0. The van der Waals surface area contributed by atoms with Gasteiger partial charge in [-0.25, -0.2) is 0 Å². The number of pyridine rings is 1. The van der Waals surface area contributed by atoms with Gasteiger partial charge in [-0.3, -0.25) is 14.7 Å². The number of likely N-dealkylation sites (N-methyl/N-ethyl adjacent to an activating group) is 1. The van der Waals surface area contributed by atoms with Crippen molar-refractivity contribution >= 4 is 16.8 Å². The molecule has 0 unspecified atom stereocenters. The van der Waals surface area contributed by atoms with Crippen LogP contribution in [0.4, 0.5) is 0 Å². The van der Waals surface area contributed by atoms with Crippen molar-refractivity contribution in [1.29, 1.82) is 0 Å². The van der Waals surface area contributed by atoms with Crippen LogP contribution in [-0.4, -0.2) is 59.6 Å². The zero-order valence-corrected chi connectivity index (χ0v) is 13.3. The number of rotatable bonds is 2. The molecule has 3 heterocycles. The van der Waals surface area contributed by atoms with E-state index in [2.05, 4.69) is 23.1 Å². The molecular formula is C18H21N3O2. The fourth-order valence-electron chi connectivity index (χ4n) is 3.58. The standard InChI is InChI=1S/C18H21N3O2/c1-20-16-11-21(12-17(16)23-9-8-18(20)22)10-14-7-6-13-4-2-3-5-15(13)19-14/h2-7,16-17H,8-12H2,1H3/t16-,17-/m0/s1. The third-order valence-corrected chi connectivity index (χ3v) is 4.89. The Morgan fingerprint density at radius 2 is 2.09 bits per heavy atom. The van der Waals surface area contributed by atoms with Crippen LogP contribution >= 0.6 is 0 Å². The number of aromatic nitrogens is 1. The molecule has 0 spiro atoms. The first kappa shape index (κ1) is 14.6. The Balaban J connectivity index is 1.50. The summed E-state index contributed by atoms with van der Waals surface area (Å²) in [6, 6.07) is 12.5. The summed E-state index contributed by atoms with van der Waals surface area (Å²) in [7, 11) is 1.90. The summed E-state index contributed by atoms with van der Waals surface area (Å²) in [5.41, 5.74) is 2.09. The highest BCUT2D eigenvalue weighted by atomic mass is 16.5. The minimum absolute atomic E-state index is 0.118. The van der Waals surface area contributed by atoms with E-state index >= 15 is 0 Å². The Labute approximate surface area is 135 Å². The van der Waals surface area contributed by atoms with Crippen molar-refractivity contribution in [2.75, 3.05) is 26.7 Å². The van der Waals surface area contributed by atoms with Crippen LogP contribution in [0.15, 0.2) is 36.4 Å². The molecule has 120 valence electrons. The van der Waals surface area contributed by atoms with E-state index in [0.717, 1.165) is 36.2 Å². The predicted octanol–water partition coefficient (Wildman–Crippen LogP) is 1.67. The summed E-state index contributed by atoms with van der Waals surface area (Å²) in [6.45, 7) is 3.04. The van der Waals surface area contributed by atoms with Gasteiger partial charge in [-0.15, -0.1) is 0 Å². The molecule has 2 aliphatic heterocycles. The summed E-state index contributed by atoms with van der Waals surface area (Å²) in [6.07, 6.45) is 0.613. The first-order valence-corrected chi connectivity index (χ1v) is 8.15. The van der Waals surface area contributed by atoms with Crippen molar-refractivity contribution < 1.29 is 9.53 Å². The van der Waals surface area contributed by atoms with Gasteiger partial charge >= 0.3 is 0 Å². The van der Waals surface area contributed by atoms with E-state index in [0.29, 0.717) is 13.0 Å². The maximum atomic E-state index is 12.0. The van der Waals surface area contributed by atoms with Gasteiger partial charge in [-0.05, 0) is 12.1 Å². The summed E-state index contributed by atoms with van der Waals surface area (Å²) in [5.74, 6) is 0.184. The first-order chi connectivity index (χ1) is 11.2. The molecule has 1 aromatic heterocycles. The van der Waals surface area contributed by atoms with Gasteiger partial charge in [0.1, 0.15) is 0 Å². The normalized spacial score (nSPS) is 25.6.